The average Bonchev–Trinajstić information content (AvgIpc) is 1.96. The Labute approximate surface area is 80.1 Å². The summed E-state index contributed by atoms with van der Waals surface area (Å²) in [5, 5.41) is 11.5. The van der Waals surface area contributed by atoms with Crippen molar-refractivity contribution in [1.82, 2.24) is 5.32 Å². The van der Waals surface area contributed by atoms with Gasteiger partial charge in [-0.25, -0.2) is 0 Å². The van der Waals surface area contributed by atoms with Crippen LogP contribution in [0.5, 0.6) is 0 Å². The van der Waals surface area contributed by atoms with Crippen molar-refractivity contribution in [3.63, 3.8) is 0 Å². The number of hydrogen-bond donors (Lipinski definition) is 1. The van der Waals surface area contributed by atoms with Crippen molar-refractivity contribution in [3.8, 4) is 6.07 Å². The van der Waals surface area contributed by atoms with Crippen LogP contribution in [-0.4, -0.2) is 11.9 Å². The van der Waals surface area contributed by atoms with E-state index in [9.17, 15) is 4.79 Å². The first-order chi connectivity index (χ1) is 5.79. The largest absolute Gasteiger partial charge is 0.340 e. The Balaban J connectivity index is 4.29. The maximum absolute atomic E-state index is 11.5. The van der Waals surface area contributed by atoms with Gasteiger partial charge in [0.05, 0.1) is 6.07 Å². The second-order valence-corrected chi connectivity index (χ2v) is 4.57. The predicted molar refractivity (Wildman–Crippen MR) is 51.8 cm³/mol. The summed E-state index contributed by atoms with van der Waals surface area (Å²) >= 11 is 0. The fourth-order valence-corrected chi connectivity index (χ4v) is 0.706. The van der Waals surface area contributed by atoms with Crippen LogP contribution >= 0.6 is 0 Å². The van der Waals surface area contributed by atoms with Crippen LogP contribution in [0.15, 0.2) is 0 Å². The van der Waals surface area contributed by atoms with Crippen LogP contribution in [0, 0.1) is 22.7 Å². The first-order valence-electron chi connectivity index (χ1n) is 4.49. The summed E-state index contributed by atoms with van der Waals surface area (Å²) in [6.07, 6.45) is 0. The van der Waals surface area contributed by atoms with E-state index in [1.165, 1.54) is 0 Å². The Morgan fingerprint density at radius 1 is 1.38 bits per heavy atom. The molecule has 13 heavy (non-hydrogen) atoms. The van der Waals surface area contributed by atoms with E-state index in [0.717, 1.165) is 0 Å². The number of hydrogen-bond acceptors (Lipinski definition) is 2. The molecule has 0 saturated carbocycles. The molecule has 0 spiro atoms. The lowest BCUT2D eigenvalue weighted by atomic mass is 9.94. The van der Waals surface area contributed by atoms with Gasteiger partial charge in [-0.05, 0) is 5.92 Å². The van der Waals surface area contributed by atoms with Gasteiger partial charge in [0.1, 0.15) is 6.04 Å². The molecule has 3 nitrogen and oxygen atoms in total. The smallest absolute Gasteiger partial charge is 0.226 e. The van der Waals surface area contributed by atoms with E-state index in [1.54, 1.807) is 0 Å². The fraction of sp³-hybridized carbons (Fsp3) is 0.800. The number of rotatable bonds is 2. The van der Waals surface area contributed by atoms with E-state index in [1.807, 2.05) is 34.6 Å². The van der Waals surface area contributed by atoms with Crippen molar-refractivity contribution < 1.29 is 4.79 Å². The average molecular weight is 182 g/mol. The summed E-state index contributed by atoms with van der Waals surface area (Å²) in [5.74, 6) is 0.0732. The maximum atomic E-state index is 11.5. The molecule has 74 valence electrons. The van der Waals surface area contributed by atoms with Gasteiger partial charge in [-0.3, -0.25) is 4.79 Å². The molecule has 0 aromatic rings. The summed E-state index contributed by atoms with van der Waals surface area (Å²) in [6, 6.07) is 1.69. The molecule has 0 aliphatic carbocycles. The van der Waals surface area contributed by atoms with Crippen LogP contribution in [0.2, 0.25) is 0 Å². The lowest BCUT2D eigenvalue weighted by Crippen LogP contribution is -2.43. The molecule has 0 radical (unpaired) electrons. The van der Waals surface area contributed by atoms with E-state index in [2.05, 4.69) is 11.4 Å². The third kappa shape index (κ3) is 3.93. The van der Waals surface area contributed by atoms with Crippen LogP contribution in [0.4, 0.5) is 0 Å². The zero-order valence-electron chi connectivity index (χ0n) is 9.01. The maximum Gasteiger partial charge on any atom is 0.226 e. The molecule has 0 heterocycles. The van der Waals surface area contributed by atoms with Crippen molar-refractivity contribution >= 4 is 5.91 Å². The summed E-state index contributed by atoms with van der Waals surface area (Å²) in [4.78, 5) is 11.5. The molecule has 0 aromatic carbocycles. The normalized spacial score (nSPS) is 13.6. The molecule has 0 aromatic heterocycles. The van der Waals surface area contributed by atoms with Crippen molar-refractivity contribution in [3.05, 3.63) is 0 Å². The number of carbonyl (C=O) groups is 1. The fourth-order valence-electron chi connectivity index (χ4n) is 0.706. The molecule has 1 amide bonds. The number of nitrogens with zero attached hydrogens (tertiary/aromatic N) is 1. The third-order valence-electron chi connectivity index (χ3n) is 1.77. The highest BCUT2D eigenvalue weighted by atomic mass is 16.2. The highest BCUT2D eigenvalue weighted by Gasteiger charge is 2.24. The standard InChI is InChI=1S/C10H18N2O/c1-7(2)8(6-11)12-9(13)10(3,4)5/h7-8H,1-5H3,(H,12,13). The van der Waals surface area contributed by atoms with Gasteiger partial charge in [0, 0.05) is 5.41 Å². The number of nitriles is 1. The topological polar surface area (TPSA) is 52.9 Å². The first kappa shape index (κ1) is 12.0. The third-order valence-corrected chi connectivity index (χ3v) is 1.77. The molecule has 0 aliphatic heterocycles. The first-order valence-corrected chi connectivity index (χ1v) is 4.49. The summed E-state index contributed by atoms with van der Waals surface area (Å²) in [5.41, 5.74) is -0.427. The molecule has 1 N–H and O–H groups in total. The van der Waals surface area contributed by atoms with E-state index in [4.69, 9.17) is 5.26 Å². The van der Waals surface area contributed by atoms with Crippen molar-refractivity contribution in [2.24, 2.45) is 11.3 Å². The zero-order valence-corrected chi connectivity index (χ0v) is 9.01. The zero-order chi connectivity index (χ0) is 10.6. The van der Waals surface area contributed by atoms with Crippen molar-refractivity contribution in [1.29, 1.82) is 5.26 Å². The Morgan fingerprint density at radius 2 is 1.85 bits per heavy atom. The lowest BCUT2D eigenvalue weighted by Gasteiger charge is -2.22. The lowest BCUT2D eigenvalue weighted by molar-refractivity contribution is -0.129. The second-order valence-electron chi connectivity index (χ2n) is 4.57. The van der Waals surface area contributed by atoms with E-state index in [0.29, 0.717) is 0 Å². The van der Waals surface area contributed by atoms with E-state index < -0.39 is 5.41 Å². The van der Waals surface area contributed by atoms with E-state index >= 15 is 0 Å². The molecule has 0 fully saturated rings. The monoisotopic (exact) mass is 182 g/mol. The van der Waals surface area contributed by atoms with Gasteiger partial charge in [-0.1, -0.05) is 34.6 Å². The molecule has 0 aliphatic rings. The van der Waals surface area contributed by atoms with Gasteiger partial charge < -0.3 is 5.32 Å². The van der Waals surface area contributed by atoms with Gasteiger partial charge in [-0.15, -0.1) is 0 Å². The van der Waals surface area contributed by atoms with Crippen LogP contribution in [0.1, 0.15) is 34.6 Å². The quantitative estimate of drug-likeness (QED) is 0.706. The molecule has 3 heteroatoms. The SMILES string of the molecule is CC(C)C(C#N)NC(=O)C(C)(C)C. The number of carbonyl (C=O) groups excluding carboxylic acids is 1. The summed E-state index contributed by atoms with van der Waals surface area (Å²) < 4.78 is 0. The summed E-state index contributed by atoms with van der Waals surface area (Å²) in [7, 11) is 0. The van der Waals surface area contributed by atoms with Crippen LogP contribution in [0.25, 0.3) is 0 Å². The Bertz CT molecular complexity index is 220. The molecule has 1 unspecified atom stereocenters. The van der Waals surface area contributed by atoms with Gasteiger partial charge in [0.15, 0.2) is 0 Å². The van der Waals surface area contributed by atoms with Crippen molar-refractivity contribution in [2.75, 3.05) is 0 Å². The molecular weight excluding hydrogens is 164 g/mol. The molecule has 0 bridgehead atoms. The molecule has 0 rings (SSSR count). The molecule has 1 atom stereocenters. The second kappa shape index (κ2) is 4.27. The predicted octanol–water partition coefficient (Wildman–Crippen LogP) is 1.70. The van der Waals surface area contributed by atoms with Crippen LogP contribution in [0.3, 0.4) is 0 Å². The van der Waals surface area contributed by atoms with E-state index in [-0.39, 0.29) is 17.9 Å². The van der Waals surface area contributed by atoms with Gasteiger partial charge in [0.25, 0.3) is 0 Å². The molecular formula is C10H18N2O. The van der Waals surface area contributed by atoms with Crippen LogP contribution < -0.4 is 5.32 Å². The van der Waals surface area contributed by atoms with Crippen LogP contribution in [-0.2, 0) is 4.79 Å². The summed E-state index contributed by atoms with van der Waals surface area (Å²) in [6.45, 7) is 9.32. The van der Waals surface area contributed by atoms with Gasteiger partial charge >= 0.3 is 0 Å². The van der Waals surface area contributed by atoms with Gasteiger partial charge in [0.2, 0.25) is 5.91 Å². The van der Waals surface area contributed by atoms with Crippen molar-refractivity contribution in [2.45, 2.75) is 40.7 Å². The minimum Gasteiger partial charge on any atom is -0.340 e. The molecule has 0 saturated heterocycles. The van der Waals surface area contributed by atoms with Gasteiger partial charge in [-0.2, -0.15) is 5.26 Å². The highest BCUT2D eigenvalue weighted by molar-refractivity contribution is 5.81. The Hall–Kier alpha value is -1.04. The minimum absolute atomic E-state index is 0.0762. The number of amides is 1. The Kier molecular flexibility index (Phi) is 3.93. The number of nitrogens with one attached hydrogen (secondary N) is 1. The highest BCUT2D eigenvalue weighted by Crippen LogP contribution is 2.13. The Morgan fingerprint density at radius 3 is 2.08 bits per heavy atom. The minimum atomic E-state index is -0.427.